The average Bonchev–Trinajstić information content (AvgIpc) is 2.60. The summed E-state index contributed by atoms with van der Waals surface area (Å²) in [7, 11) is 0. The van der Waals surface area contributed by atoms with Gasteiger partial charge in [-0.1, -0.05) is 13.3 Å². The molecule has 3 nitrogen and oxygen atoms in total. The van der Waals surface area contributed by atoms with Crippen LogP contribution in [0.25, 0.3) is 0 Å². The van der Waals surface area contributed by atoms with Gasteiger partial charge >= 0.3 is 0 Å². The summed E-state index contributed by atoms with van der Waals surface area (Å²) in [5.41, 5.74) is 2.20. The molecule has 0 saturated heterocycles. The third kappa shape index (κ3) is 1.41. The van der Waals surface area contributed by atoms with E-state index < -0.39 is 0 Å². The molecule has 4 heteroatoms. The van der Waals surface area contributed by atoms with Crippen LogP contribution in [-0.4, -0.2) is 11.7 Å². The van der Waals surface area contributed by atoms with Gasteiger partial charge in [0.05, 0.1) is 11.1 Å². The van der Waals surface area contributed by atoms with Crippen LogP contribution < -0.4 is 5.32 Å². The van der Waals surface area contributed by atoms with Crippen molar-refractivity contribution in [3.05, 3.63) is 27.7 Å². The topological polar surface area (TPSA) is 46.2 Å². The number of Topliss-reactive ketones (excluding diaryl/α,β-unsaturated/α-hetero) is 1. The van der Waals surface area contributed by atoms with Gasteiger partial charge in [-0.3, -0.25) is 9.59 Å². The second-order valence-corrected chi connectivity index (χ2v) is 5.90. The summed E-state index contributed by atoms with van der Waals surface area (Å²) in [5, 5.41) is 2.95. The van der Waals surface area contributed by atoms with Gasteiger partial charge in [0.25, 0.3) is 0 Å². The van der Waals surface area contributed by atoms with Crippen LogP contribution in [0, 0.1) is 0 Å². The van der Waals surface area contributed by atoms with Crippen LogP contribution in [0.4, 0.5) is 5.69 Å². The predicted molar refractivity (Wildman–Crippen MR) is 72.9 cm³/mol. The van der Waals surface area contributed by atoms with E-state index in [-0.39, 0.29) is 17.1 Å². The first-order chi connectivity index (χ1) is 8.58. The Morgan fingerprint density at radius 3 is 2.72 bits per heavy atom. The predicted octanol–water partition coefficient (Wildman–Crippen LogP) is 3.42. The Bertz CT molecular complexity index is 561. The number of hydrogen-bond acceptors (Lipinski definition) is 2. The zero-order chi connectivity index (χ0) is 12.9. The first kappa shape index (κ1) is 11.9. The molecule has 0 aromatic heterocycles. The third-order valence-electron chi connectivity index (χ3n) is 4.13. The Balaban J connectivity index is 2.16. The molecule has 0 radical (unpaired) electrons. The summed E-state index contributed by atoms with van der Waals surface area (Å²) in [6.45, 7) is 1.85. The molecule has 0 bridgehead atoms. The second kappa shape index (κ2) is 3.92. The van der Waals surface area contributed by atoms with Crippen molar-refractivity contribution in [2.75, 3.05) is 5.32 Å². The van der Waals surface area contributed by atoms with Crippen LogP contribution in [-0.2, 0) is 10.2 Å². The van der Waals surface area contributed by atoms with Gasteiger partial charge in [-0.05, 0) is 46.5 Å². The van der Waals surface area contributed by atoms with E-state index in [9.17, 15) is 9.59 Å². The number of fused-ring (bicyclic) bond motifs is 2. The van der Waals surface area contributed by atoms with E-state index in [0.717, 1.165) is 35.0 Å². The van der Waals surface area contributed by atoms with Gasteiger partial charge < -0.3 is 5.32 Å². The molecule has 1 N–H and O–H groups in total. The highest BCUT2D eigenvalue weighted by atomic mass is 79.9. The molecule has 0 unspecified atom stereocenters. The quantitative estimate of drug-likeness (QED) is 0.851. The van der Waals surface area contributed by atoms with Crippen LogP contribution in [0.15, 0.2) is 16.6 Å². The average molecular weight is 308 g/mol. The minimum atomic E-state index is -0.359. The van der Waals surface area contributed by atoms with Gasteiger partial charge in [0.15, 0.2) is 5.78 Å². The van der Waals surface area contributed by atoms with Gasteiger partial charge in [-0.25, -0.2) is 0 Å². The summed E-state index contributed by atoms with van der Waals surface area (Å²) < 4.78 is 0.814. The number of anilines is 1. The molecular weight excluding hydrogens is 294 g/mol. The van der Waals surface area contributed by atoms with E-state index in [1.54, 1.807) is 0 Å². The number of nitrogens with one attached hydrogen (secondary N) is 1. The van der Waals surface area contributed by atoms with Crippen molar-refractivity contribution < 1.29 is 9.59 Å². The SMILES string of the molecule is CCC(=O)c1cc(Br)c2c(c1)C1(CCC1)C(=O)N2. The Morgan fingerprint density at radius 1 is 1.44 bits per heavy atom. The lowest BCUT2D eigenvalue weighted by Gasteiger charge is -2.36. The Kier molecular flexibility index (Phi) is 2.59. The molecule has 1 heterocycles. The number of amides is 1. The Hall–Kier alpha value is -1.16. The number of halogens is 1. The Labute approximate surface area is 114 Å². The Morgan fingerprint density at radius 2 is 2.17 bits per heavy atom. The number of benzene rings is 1. The standard InChI is InChI=1S/C14H14BrNO2/c1-2-11(17)8-6-9-12(10(15)7-8)16-13(18)14(9)4-3-5-14/h6-7H,2-5H2,1H3,(H,16,18). The second-order valence-electron chi connectivity index (χ2n) is 5.05. The number of carbonyl (C=O) groups excluding carboxylic acids is 2. The highest BCUT2D eigenvalue weighted by molar-refractivity contribution is 9.10. The molecule has 1 amide bonds. The van der Waals surface area contributed by atoms with Crippen molar-refractivity contribution >= 4 is 33.3 Å². The fourth-order valence-corrected chi connectivity index (χ4v) is 3.42. The van der Waals surface area contributed by atoms with Crippen molar-refractivity contribution in [1.82, 2.24) is 0 Å². The van der Waals surface area contributed by atoms with Crippen molar-refractivity contribution in [3.8, 4) is 0 Å². The lowest BCUT2D eigenvalue weighted by Crippen LogP contribution is -2.40. The molecule has 94 valence electrons. The van der Waals surface area contributed by atoms with Gasteiger partial charge in [-0.15, -0.1) is 0 Å². The van der Waals surface area contributed by atoms with E-state index in [1.807, 2.05) is 19.1 Å². The number of ketones is 1. The lowest BCUT2D eigenvalue weighted by atomic mass is 9.65. The maximum atomic E-state index is 12.1. The van der Waals surface area contributed by atoms with Crippen LogP contribution in [0.1, 0.15) is 48.5 Å². The van der Waals surface area contributed by atoms with Crippen LogP contribution >= 0.6 is 15.9 Å². The molecule has 1 aliphatic heterocycles. The normalized spacial score (nSPS) is 19.3. The van der Waals surface area contributed by atoms with E-state index in [2.05, 4.69) is 21.2 Å². The van der Waals surface area contributed by atoms with E-state index >= 15 is 0 Å². The largest absolute Gasteiger partial charge is 0.324 e. The van der Waals surface area contributed by atoms with Crippen molar-refractivity contribution in [2.45, 2.75) is 38.0 Å². The zero-order valence-electron chi connectivity index (χ0n) is 10.2. The molecule has 2 aliphatic rings. The summed E-state index contributed by atoms with van der Waals surface area (Å²) in [5.74, 6) is 0.206. The molecular formula is C14H14BrNO2. The fourth-order valence-electron chi connectivity index (χ4n) is 2.86. The molecule has 1 aromatic carbocycles. The molecule has 1 aromatic rings. The highest BCUT2D eigenvalue weighted by Gasteiger charge is 2.51. The van der Waals surface area contributed by atoms with Crippen LogP contribution in [0.2, 0.25) is 0 Å². The van der Waals surface area contributed by atoms with Gasteiger partial charge in [0.2, 0.25) is 5.91 Å². The van der Waals surface area contributed by atoms with Crippen LogP contribution in [0.3, 0.4) is 0 Å². The number of hydrogen-bond donors (Lipinski definition) is 1. The monoisotopic (exact) mass is 307 g/mol. The maximum Gasteiger partial charge on any atom is 0.235 e. The van der Waals surface area contributed by atoms with Crippen LogP contribution in [0.5, 0.6) is 0 Å². The minimum Gasteiger partial charge on any atom is -0.324 e. The van der Waals surface area contributed by atoms with Crippen molar-refractivity contribution in [2.24, 2.45) is 0 Å². The maximum absolute atomic E-state index is 12.1. The summed E-state index contributed by atoms with van der Waals surface area (Å²) in [6.07, 6.45) is 3.35. The fraction of sp³-hybridized carbons (Fsp3) is 0.429. The molecule has 1 spiro atoms. The molecule has 1 aliphatic carbocycles. The smallest absolute Gasteiger partial charge is 0.235 e. The van der Waals surface area contributed by atoms with Gasteiger partial charge in [0.1, 0.15) is 0 Å². The number of rotatable bonds is 2. The summed E-state index contributed by atoms with van der Waals surface area (Å²) in [6, 6.07) is 3.71. The molecule has 3 rings (SSSR count). The van der Waals surface area contributed by atoms with Gasteiger partial charge in [0, 0.05) is 16.5 Å². The van der Waals surface area contributed by atoms with Crippen molar-refractivity contribution in [1.29, 1.82) is 0 Å². The van der Waals surface area contributed by atoms with Gasteiger partial charge in [-0.2, -0.15) is 0 Å². The summed E-state index contributed by atoms with van der Waals surface area (Å²) in [4.78, 5) is 24.0. The first-order valence-electron chi connectivity index (χ1n) is 6.27. The zero-order valence-corrected chi connectivity index (χ0v) is 11.8. The lowest BCUT2D eigenvalue weighted by molar-refractivity contribution is -0.123. The highest BCUT2D eigenvalue weighted by Crippen LogP contribution is 2.53. The summed E-state index contributed by atoms with van der Waals surface area (Å²) >= 11 is 3.46. The van der Waals surface area contributed by atoms with E-state index in [4.69, 9.17) is 0 Å². The third-order valence-corrected chi connectivity index (χ3v) is 4.75. The molecule has 0 atom stereocenters. The number of carbonyl (C=O) groups is 2. The molecule has 1 fully saturated rings. The first-order valence-corrected chi connectivity index (χ1v) is 7.06. The van der Waals surface area contributed by atoms with Crippen molar-refractivity contribution in [3.63, 3.8) is 0 Å². The van der Waals surface area contributed by atoms with E-state index in [0.29, 0.717) is 12.0 Å². The minimum absolute atomic E-state index is 0.0885. The molecule has 1 saturated carbocycles. The molecule has 18 heavy (non-hydrogen) atoms. The van der Waals surface area contributed by atoms with E-state index in [1.165, 1.54) is 0 Å².